The van der Waals surface area contributed by atoms with Crippen LogP contribution in [0.3, 0.4) is 0 Å². The lowest BCUT2D eigenvalue weighted by atomic mass is 10.6. The maximum Gasteiger partial charge on any atom is 0.137 e. The number of halogens is 2. The second kappa shape index (κ2) is 4.21. The molecular weight excluding hydrogens is 292 g/mol. The molecule has 2 heterocycles. The maximum absolute atomic E-state index is 5.88. The summed E-state index contributed by atoms with van der Waals surface area (Å²) in [5, 5.41) is 3.08. The first-order valence-corrected chi connectivity index (χ1v) is 6.63. The fourth-order valence-electron chi connectivity index (χ4n) is 0.985. The van der Waals surface area contributed by atoms with Gasteiger partial charge in [-0.1, -0.05) is 39.3 Å². The highest BCUT2D eigenvalue weighted by Gasteiger charge is 2.22. The lowest BCUT2D eigenvalue weighted by molar-refractivity contribution is 0.422. The molecule has 0 saturated heterocycles. The minimum absolute atomic E-state index is 0.240. The van der Waals surface area contributed by atoms with E-state index < -0.39 is 0 Å². The summed E-state index contributed by atoms with van der Waals surface area (Å²) >= 11 is 12.7. The molecule has 1 atom stereocenters. The van der Waals surface area contributed by atoms with Gasteiger partial charge in [0.15, 0.2) is 0 Å². The molecule has 0 fully saturated rings. The second-order valence-electron chi connectivity index (χ2n) is 2.44. The Bertz CT molecular complexity index is 314. The normalized spacial score (nSPS) is 22.2. The number of nitrogens with zero attached hydrogens (tertiary/aromatic N) is 2. The molecule has 0 amide bonds. The maximum atomic E-state index is 5.88. The van der Waals surface area contributed by atoms with E-state index in [4.69, 9.17) is 11.6 Å². The van der Waals surface area contributed by atoms with Crippen LogP contribution in [0.1, 0.15) is 5.01 Å². The minimum atomic E-state index is 0.240. The summed E-state index contributed by atoms with van der Waals surface area (Å²) in [5.74, 6) is 0. The molecule has 1 aliphatic heterocycles. The number of hydrogen-bond acceptors (Lipinski definition) is 4. The third kappa shape index (κ3) is 2.40. The van der Waals surface area contributed by atoms with Crippen LogP contribution in [0.15, 0.2) is 22.1 Å². The molecule has 0 bridgehead atoms. The predicted octanol–water partition coefficient (Wildman–Crippen LogP) is 3.41. The number of thioether (sulfide) groups is 1. The average Bonchev–Trinajstić information content (AvgIpc) is 2.63. The highest BCUT2D eigenvalue weighted by atomic mass is 79.9. The molecule has 0 radical (unpaired) electrons. The van der Waals surface area contributed by atoms with E-state index in [0.717, 1.165) is 15.9 Å². The van der Waals surface area contributed by atoms with Crippen LogP contribution >= 0.6 is 50.6 Å². The zero-order chi connectivity index (χ0) is 9.26. The number of aromatic nitrogens is 1. The smallest absolute Gasteiger partial charge is 0.137 e. The van der Waals surface area contributed by atoms with E-state index in [2.05, 4.69) is 25.8 Å². The number of hydrogen-bond donors (Lipinski definition) is 0. The summed E-state index contributed by atoms with van der Waals surface area (Å²) in [7, 11) is 0. The van der Waals surface area contributed by atoms with E-state index in [1.807, 2.05) is 17.8 Å². The largest absolute Gasteiger partial charge is 0.348 e. The Kier molecular flexibility index (Phi) is 3.18. The zero-order valence-electron chi connectivity index (χ0n) is 6.48. The van der Waals surface area contributed by atoms with Crippen molar-refractivity contribution in [2.75, 3.05) is 0 Å². The number of rotatable bonds is 2. The van der Waals surface area contributed by atoms with E-state index >= 15 is 0 Å². The van der Waals surface area contributed by atoms with Gasteiger partial charge in [0.05, 0.1) is 10.9 Å². The Hall–Kier alpha value is 0.290. The molecule has 0 aromatic carbocycles. The van der Waals surface area contributed by atoms with Gasteiger partial charge in [-0.3, -0.25) is 0 Å². The molecule has 2 nitrogen and oxygen atoms in total. The van der Waals surface area contributed by atoms with Crippen LogP contribution in [0.25, 0.3) is 0 Å². The number of alkyl halides is 1. The molecular formula is C7H6BrClN2S2. The van der Waals surface area contributed by atoms with Crippen LogP contribution in [0, 0.1) is 0 Å². The summed E-state index contributed by atoms with van der Waals surface area (Å²) < 4.78 is 1.06. The van der Waals surface area contributed by atoms with Gasteiger partial charge in [-0.05, 0) is 0 Å². The van der Waals surface area contributed by atoms with Crippen molar-refractivity contribution in [3.8, 4) is 0 Å². The summed E-state index contributed by atoms with van der Waals surface area (Å²) in [6.07, 6.45) is 3.75. The van der Waals surface area contributed by atoms with Crippen molar-refractivity contribution in [3.05, 3.63) is 27.1 Å². The van der Waals surface area contributed by atoms with Gasteiger partial charge in [0.2, 0.25) is 0 Å². The van der Waals surface area contributed by atoms with E-state index in [1.165, 1.54) is 0 Å². The van der Waals surface area contributed by atoms with Crippen molar-refractivity contribution in [1.29, 1.82) is 0 Å². The van der Waals surface area contributed by atoms with Crippen LogP contribution in [0.5, 0.6) is 0 Å². The summed E-state index contributed by atoms with van der Waals surface area (Å²) in [4.78, 5) is 6.33. The Morgan fingerprint density at radius 3 is 3.08 bits per heavy atom. The molecule has 0 N–H and O–H groups in total. The van der Waals surface area contributed by atoms with Crippen LogP contribution in [0.4, 0.5) is 0 Å². The van der Waals surface area contributed by atoms with Crippen molar-refractivity contribution < 1.29 is 0 Å². The fraction of sp³-hybridized carbons (Fsp3) is 0.286. The molecule has 0 spiro atoms. The molecule has 13 heavy (non-hydrogen) atoms. The highest BCUT2D eigenvalue weighted by molar-refractivity contribution is 9.11. The van der Waals surface area contributed by atoms with Gasteiger partial charge in [-0.2, -0.15) is 0 Å². The zero-order valence-corrected chi connectivity index (χ0v) is 10.5. The van der Waals surface area contributed by atoms with Crippen molar-refractivity contribution in [2.24, 2.45) is 0 Å². The van der Waals surface area contributed by atoms with Gasteiger partial charge in [0.1, 0.15) is 9.29 Å². The van der Waals surface area contributed by atoms with Crippen LogP contribution < -0.4 is 0 Å². The number of thiazole rings is 1. The van der Waals surface area contributed by atoms with Crippen molar-refractivity contribution in [3.63, 3.8) is 0 Å². The Balaban J connectivity index is 2.03. The summed E-state index contributed by atoms with van der Waals surface area (Å²) in [5.41, 5.74) is 0. The molecule has 1 aliphatic rings. The summed E-state index contributed by atoms with van der Waals surface area (Å²) in [6, 6.07) is 0. The highest BCUT2D eigenvalue weighted by Crippen LogP contribution is 2.39. The first kappa shape index (κ1) is 9.83. The summed E-state index contributed by atoms with van der Waals surface area (Å²) in [6.45, 7) is 0.816. The molecule has 70 valence electrons. The quantitative estimate of drug-likeness (QED) is 0.615. The van der Waals surface area contributed by atoms with Crippen molar-refractivity contribution >= 4 is 50.6 Å². The Labute approximate surface area is 98.1 Å². The van der Waals surface area contributed by atoms with Gasteiger partial charge in [-0.25, -0.2) is 4.98 Å². The molecule has 1 unspecified atom stereocenters. The van der Waals surface area contributed by atoms with Crippen molar-refractivity contribution in [1.82, 2.24) is 9.88 Å². The third-order valence-corrected chi connectivity index (χ3v) is 4.55. The molecule has 6 heteroatoms. The average molecular weight is 298 g/mol. The lowest BCUT2D eigenvalue weighted by Gasteiger charge is -2.17. The fourth-order valence-corrected chi connectivity index (χ4v) is 3.83. The van der Waals surface area contributed by atoms with Gasteiger partial charge in [0.25, 0.3) is 0 Å². The van der Waals surface area contributed by atoms with Crippen molar-refractivity contribution in [2.45, 2.75) is 10.8 Å². The van der Waals surface area contributed by atoms with Gasteiger partial charge in [-0.15, -0.1) is 11.3 Å². The van der Waals surface area contributed by atoms with Crippen LogP contribution in [-0.4, -0.2) is 14.2 Å². The van der Waals surface area contributed by atoms with Gasteiger partial charge >= 0.3 is 0 Å². The SMILES string of the molecule is ClC1=CN(Cc2nccs2)C(Br)S1. The topological polar surface area (TPSA) is 16.1 Å². The van der Waals surface area contributed by atoms with E-state index in [0.29, 0.717) is 0 Å². The molecule has 2 rings (SSSR count). The van der Waals surface area contributed by atoms with E-state index in [9.17, 15) is 0 Å². The monoisotopic (exact) mass is 296 g/mol. The van der Waals surface area contributed by atoms with Gasteiger partial charge in [0, 0.05) is 17.8 Å². The first-order valence-electron chi connectivity index (χ1n) is 3.58. The minimum Gasteiger partial charge on any atom is -0.348 e. The second-order valence-corrected chi connectivity index (χ2v) is 6.65. The first-order chi connectivity index (χ1) is 6.25. The van der Waals surface area contributed by atoms with Crippen LogP contribution in [-0.2, 0) is 6.54 Å². The van der Waals surface area contributed by atoms with Crippen LogP contribution in [0.2, 0.25) is 0 Å². The Morgan fingerprint density at radius 1 is 1.69 bits per heavy atom. The molecule has 1 aromatic rings. The molecule has 1 aromatic heterocycles. The lowest BCUT2D eigenvalue weighted by Crippen LogP contribution is -2.18. The third-order valence-electron chi connectivity index (χ3n) is 1.54. The standard InChI is InChI=1S/C7H6BrClN2S2/c8-7-11(3-5(9)13-7)4-6-10-1-2-12-6/h1-3,7H,4H2. The van der Waals surface area contributed by atoms with E-state index in [-0.39, 0.29) is 4.28 Å². The molecule has 0 aliphatic carbocycles. The van der Waals surface area contributed by atoms with E-state index in [1.54, 1.807) is 23.1 Å². The predicted molar refractivity (Wildman–Crippen MR) is 61.9 cm³/mol. The van der Waals surface area contributed by atoms with Gasteiger partial charge < -0.3 is 4.90 Å². The Morgan fingerprint density at radius 2 is 2.54 bits per heavy atom. The molecule has 0 saturated carbocycles.